The molecule has 1 unspecified atom stereocenters. The Labute approximate surface area is 123 Å². The first-order valence-electron chi connectivity index (χ1n) is 8.00. The molecule has 2 aliphatic rings. The first kappa shape index (κ1) is 14.1. The molecule has 20 heavy (non-hydrogen) atoms. The fourth-order valence-electron chi connectivity index (χ4n) is 3.24. The van der Waals surface area contributed by atoms with Crippen LogP contribution in [-0.4, -0.2) is 55.6 Å². The van der Waals surface area contributed by atoms with Gasteiger partial charge >= 0.3 is 0 Å². The summed E-state index contributed by atoms with van der Waals surface area (Å²) < 4.78 is 0. The van der Waals surface area contributed by atoms with E-state index in [4.69, 9.17) is 0 Å². The number of benzene rings is 1. The molecule has 0 radical (unpaired) electrons. The molecule has 2 heterocycles. The first-order chi connectivity index (χ1) is 9.81. The van der Waals surface area contributed by atoms with Crippen LogP contribution in [0.2, 0.25) is 0 Å². The van der Waals surface area contributed by atoms with Gasteiger partial charge in [0.2, 0.25) is 0 Å². The molecular weight excluding hydrogens is 246 g/mol. The molecule has 0 aliphatic carbocycles. The van der Waals surface area contributed by atoms with Crippen LogP contribution in [-0.2, 0) is 6.54 Å². The molecule has 2 fully saturated rings. The molecule has 0 spiro atoms. The van der Waals surface area contributed by atoms with Gasteiger partial charge in [-0.15, -0.1) is 0 Å². The number of nitrogens with one attached hydrogen (secondary N) is 1. The van der Waals surface area contributed by atoms with Gasteiger partial charge in [-0.2, -0.15) is 0 Å². The summed E-state index contributed by atoms with van der Waals surface area (Å²) in [6.07, 6.45) is 0. The Morgan fingerprint density at radius 2 is 1.70 bits per heavy atom. The second-order valence-electron chi connectivity index (χ2n) is 6.46. The van der Waals surface area contributed by atoms with E-state index in [0.29, 0.717) is 0 Å². The molecule has 2 saturated heterocycles. The summed E-state index contributed by atoms with van der Waals surface area (Å²) in [7, 11) is 0. The molecule has 3 heteroatoms. The molecule has 0 amide bonds. The van der Waals surface area contributed by atoms with E-state index in [2.05, 4.69) is 52.4 Å². The second-order valence-corrected chi connectivity index (χ2v) is 6.46. The average molecular weight is 273 g/mol. The van der Waals surface area contributed by atoms with Crippen LogP contribution < -0.4 is 5.32 Å². The van der Waals surface area contributed by atoms with Crippen LogP contribution in [0.3, 0.4) is 0 Å². The minimum atomic E-state index is 0.844. The van der Waals surface area contributed by atoms with Gasteiger partial charge < -0.3 is 10.2 Å². The van der Waals surface area contributed by atoms with E-state index in [9.17, 15) is 0 Å². The van der Waals surface area contributed by atoms with E-state index in [-0.39, 0.29) is 0 Å². The third-order valence-electron chi connectivity index (χ3n) is 4.88. The van der Waals surface area contributed by atoms with Crippen LogP contribution in [0.25, 0.3) is 0 Å². The fraction of sp³-hybridized carbons (Fsp3) is 0.647. The lowest BCUT2D eigenvalue weighted by atomic mass is 9.88. The molecule has 0 saturated carbocycles. The second kappa shape index (κ2) is 6.70. The van der Waals surface area contributed by atoms with Crippen molar-refractivity contribution in [3.8, 4) is 0 Å². The Bertz CT molecular complexity index is 394. The summed E-state index contributed by atoms with van der Waals surface area (Å²) in [6.45, 7) is 12.2. The van der Waals surface area contributed by atoms with Gasteiger partial charge in [0.15, 0.2) is 0 Å². The third kappa shape index (κ3) is 3.60. The van der Waals surface area contributed by atoms with Crippen molar-refractivity contribution in [1.82, 2.24) is 15.1 Å². The summed E-state index contributed by atoms with van der Waals surface area (Å²) in [6, 6.07) is 10.8. The SMILES string of the molecule is CC(CN1CCN(Cc2ccccc2)CC1)C1CNC1. The van der Waals surface area contributed by atoms with Crippen molar-refractivity contribution >= 4 is 0 Å². The number of rotatable bonds is 5. The lowest BCUT2D eigenvalue weighted by molar-refractivity contribution is 0.0960. The quantitative estimate of drug-likeness (QED) is 0.880. The maximum absolute atomic E-state index is 3.39. The van der Waals surface area contributed by atoms with Crippen LogP contribution in [0.5, 0.6) is 0 Å². The van der Waals surface area contributed by atoms with E-state index < -0.39 is 0 Å². The fourth-order valence-corrected chi connectivity index (χ4v) is 3.24. The van der Waals surface area contributed by atoms with Crippen molar-refractivity contribution in [3.05, 3.63) is 35.9 Å². The maximum atomic E-state index is 3.39. The lowest BCUT2D eigenvalue weighted by Gasteiger charge is -2.39. The van der Waals surface area contributed by atoms with Gasteiger partial charge in [-0.1, -0.05) is 37.3 Å². The smallest absolute Gasteiger partial charge is 0.0234 e. The summed E-state index contributed by atoms with van der Waals surface area (Å²) >= 11 is 0. The van der Waals surface area contributed by atoms with Crippen LogP contribution in [0.15, 0.2) is 30.3 Å². The monoisotopic (exact) mass is 273 g/mol. The highest BCUT2D eigenvalue weighted by molar-refractivity contribution is 5.14. The van der Waals surface area contributed by atoms with E-state index in [1.165, 1.54) is 51.4 Å². The minimum absolute atomic E-state index is 0.844. The van der Waals surface area contributed by atoms with Crippen LogP contribution in [0.1, 0.15) is 12.5 Å². The highest BCUT2D eigenvalue weighted by Gasteiger charge is 2.26. The number of nitrogens with zero attached hydrogens (tertiary/aromatic N) is 2. The molecule has 0 bridgehead atoms. The Kier molecular flexibility index (Phi) is 4.71. The van der Waals surface area contributed by atoms with E-state index >= 15 is 0 Å². The molecule has 3 rings (SSSR count). The number of hydrogen-bond donors (Lipinski definition) is 1. The van der Waals surface area contributed by atoms with Crippen LogP contribution in [0, 0.1) is 11.8 Å². The molecule has 2 aliphatic heterocycles. The zero-order valence-corrected chi connectivity index (χ0v) is 12.6. The zero-order valence-electron chi connectivity index (χ0n) is 12.6. The standard InChI is InChI=1S/C17H27N3/c1-15(17-11-18-12-17)13-19-7-9-20(10-8-19)14-16-5-3-2-4-6-16/h2-6,15,17-18H,7-14H2,1H3. The number of piperazine rings is 1. The van der Waals surface area contributed by atoms with Crippen molar-refractivity contribution in [2.24, 2.45) is 11.8 Å². The molecule has 1 aromatic carbocycles. The lowest BCUT2D eigenvalue weighted by Crippen LogP contribution is -2.51. The Balaban J connectivity index is 1.40. The zero-order chi connectivity index (χ0) is 13.8. The molecule has 0 aromatic heterocycles. The van der Waals surface area contributed by atoms with E-state index in [1.807, 2.05) is 0 Å². The Morgan fingerprint density at radius 1 is 1.05 bits per heavy atom. The average Bonchev–Trinajstić information content (AvgIpc) is 2.40. The van der Waals surface area contributed by atoms with Gasteiger partial charge in [0.05, 0.1) is 0 Å². The predicted molar refractivity (Wildman–Crippen MR) is 83.7 cm³/mol. The van der Waals surface area contributed by atoms with E-state index in [0.717, 1.165) is 18.4 Å². The molecule has 1 N–H and O–H groups in total. The van der Waals surface area contributed by atoms with Crippen molar-refractivity contribution in [2.45, 2.75) is 13.5 Å². The van der Waals surface area contributed by atoms with E-state index in [1.54, 1.807) is 0 Å². The topological polar surface area (TPSA) is 18.5 Å². The third-order valence-corrected chi connectivity index (χ3v) is 4.88. The molecule has 3 nitrogen and oxygen atoms in total. The first-order valence-corrected chi connectivity index (χ1v) is 8.00. The molecule has 1 aromatic rings. The summed E-state index contributed by atoms with van der Waals surface area (Å²) in [4.78, 5) is 5.24. The largest absolute Gasteiger partial charge is 0.316 e. The van der Waals surface area contributed by atoms with Gasteiger partial charge in [-0.25, -0.2) is 0 Å². The number of hydrogen-bond acceptors (Lipinski definition) is 3. The van der Waals surface area contributed by atoms with Crippen molar-refractivity contribution < 1.29 is 0 Å². The Hall–Kier alpha value is -0.900. The van der Waals surface area contributed by atoms with Gasteiger partial charge in [0.25, 0.3) is 0 Å². The summed E-state index contributed by atoms with van der Waals surface area (Å²) in [5.41, 5.74) is 1.44. The van der Waals surface area contributed by atoms with Crippen LogP contribution >= 0.6 is 0 Å². The highest BCUT2D eigenvalue weighted by Crippen LogP contribution is 2.18. The summed E-state index contributed by atoms with van der Waals surface area (Å²) in [5, 5.41) is 3.39. The molecular formula is C17H27N3. The van der Waals surface area contributed by atoms with Gasteiger partial charge in [0, 0.05) is 39.3 Å². The van der Waals surface area contributed by atoms with Crippen molar-refractivity contribution in [1.29, 1.82) is 0 Å². The minimum Gasteiger partial charge on any atom is -0.316 e. The molecule has 110 valence electrons. The Morgan fingerprint density at radius 3 is 2.30 bits per heavy atom. The van der Waals surface area contributed by atoms with Crippen molar-refractivity contribution in [3.63, 3.8) is 0 Å². The predicted octanol–water partition coefficient (Wildman–Crippen LogP) is 1.66. The normalized spacial score (nSPS) is 23.4. The van der Waals surface area contributed by atoms with Crippen LogP contribution in [0.4, 0.5) is 0 Å². The highest BCUT2D eigenvalue weighted by atomic mass is 15.3. The summed E-state index contributed by atoms with van der Waals surface area (Å²) in [5.74, 6) is 1.76. The van der Waals surface area contributed by atoms with Gasteiger partial charge in [-0.05, 0) is 30.5 Å². The molecule has 1 atom stereocenters. The maximum Gasteiger partial charge on any atom is 0.0234 e. The van der Waals surface area contributed by atoms with Gasteiger partial charge in [0.1, 0.15) is 0 Å². The van der Waals surface area contributed by atoms with Gasteiger partial charge in [-0.3, -0.25) is 4.90 Å². The van der Waals surface area contributed by atoms with Crippen molar-refractivity contribution in [2.75, 3.05) is 45.8 Å².